The van der Waals surface area contributed by atoms with E-state index in [4.69, 9.17) is 4.74 Å². The molecule has 0 saturated heterocycles. The first-order chi connectivity index (χ1) is 15.2. The molecule has 31 heavy (non-hydrogen) atoms. The highest BCUT2D eigenvalue weighted by Crippen LogP contribution is 2.42. The average Bonchev–Trinajstić information content (AvgIpc) is 3.20. The second-order valence-electron chi connectivity index (χ2n) is 7.32. The minimum atomic E-state index is -0.203. The number of anilines is 1. The highest BCUT2D eigenvalue weighted by atomic mass is 32.2. The van der Waals surface area contributed by atoms with Gasteiger partial charge in [-0.1, -0.05) is 36.0 Å². The SMILES string of the molecule is COc1ccccc1C(=O)Nc1ccccc1Sc1ncnc2sc3c(c12)CCCC3. The number of thiophene rings is 1. The molecule has 1 aliphatic carbocycles. The fourth-order valence-electron chi connectivity index (χ4n) is 3.92. The Hall–Kier alpha value is -2.90. The summed E-state index contributed by atoms with van der Waals surface area (Å²) >= 11 is 3.37. The van der Waals surface area contributed by atoms with Crippen LogP contribution in [0, 0.1) is 0 Å². The normalized spacial score (nSPS) is 13.1. The van der Waals surface area contributed by atoms with Crippen molar-refractivity contribution in [2.75, 3.05) is 12.4 Å². The van der Waals surface area contributed by atoms with Gasteiger partial charge >= 0.3 is 0 Å². The van der Waals surface area contributed by atoms with E-state index in [-0.39, 0.29) is 5.91 Å². The lowest BCUT2D eigenvalue weighted by Gasteiger charge is -2.14. The van der Waals surface area contributed by atoms with E-state index in [1.807, 2.05) is 36.4 Å². The molecule has 0 fully saturated rings. The summed E-state index contributed by atoms with van der Waals surface area (Å²) in [7, 11) is 1.57. The second kappa shape index (κ2) is 8.69. The van der Waals surface area contributed by atoms with Gasteiger partial charge in [-0.25, -0.2) is 9.97 Å². The number of aryl methyl sites for hydroxylation is 2. The average molecular weight is 448 g/mol. The zero-order valence-corrected chi connectivity index (χ0v) is 18.7. The van der Waals surface area contributed by atoms with Gasteiger partial charge < -0.3 is 10.1 Å². The van der Waals surface area contributed by atoms with Gasteiger partial charge in [-0.3, -0.25) is 4.79 Å². The van der Waals surface area contributed by atoms with Crippen LogP contribution < -0.4 is 10.1 Å². The van der Waals surface area contributed by atoms with Crippen LogP contribution in [0.3, 0.4) is 0 Å². The number of hydrogen-bond acceptors (Lipinski definition) is 6. The van der Waals surface area contributed by atoms with E-state index >= 15 is 0 Å². The van der Waals surface area contributed by atoms with Gasteiger partial charge in [0.2, 0.25) is 0 Å². The molecule has 1 N–H and O–H groups in total. The molecule has 1 aliphatic rings. The fraction of sp³-hybridized carbons (Fsp3) is 0.208. The molecule has 2 aromatic carbocycles. The van der Waals surface area contributed by atoms with Crippen molar-refractivity contribution in [3.05, 3.63) is 70.9 Å². The summed E-state index contributed by atoms with van der Waals surface area (Å²) in [4.78, 5) is 25.5. The molecule has 0 radical (unpaired) electrons. The van der Waals surface area contributed by atoms with Crippen LogP contribution in [0.5, 0.6) is 5.75 Å². The van der Waals surface area contributed by atoms with Crippen LogP contribution in [0.1, 0.15) is 33.6 Å². The number of carbonyl (C=O) groups excluding carboxylic acids is 1. The van der Waals surface area contributed by atoms with Gasteiger partial charge in [0.05, 0.1) is 18.4 Å². The number of para-hydroxylation sites is 2. The van der Waals surface area contributed by atoms with E-state index in [1.54, 1.807) is 48.7 Å². The Morgan fingerprint density at radius 3 is 2.77 bits per heavy atom. The Morgan fingerprint density at radius 2 is 1.87 bits per heavy atom. The Balaban J connectivity index is 1.48. The lowest BCUT2D eigenvalue weighted by atomic mass is 9.97. The number of nitrogens with zero attached hydrogens (tertiary/aromatic N) is 2. The zero-order valence-electron chi connectivity index (χ0n) is 17.1. The third kappa shape index (κ3) is 3.91. The monoisotopic (exact) mass is 447 g/mol. The molecule has 0 atom stereocenters. The van der Waals surface area contributed by atoms with E-state index in [9.17, 15) is 4.79 Å². The first-order valence-electron chi connectivity index (χ1n) is 10.2. The van der Waals surface area contributed by atoms with Crippen molar-refractivity contribution in [1.82, 2.24) is 9.97 Å². The van der Waals surface area contributed by atoms with Crippen LogP contribution in [0.25, 0.3) is 10.2 Å². The fourth-order valence-corrected chi connectivity index (χ4v) is 6.22. The molecule has 1 amide bonds. The summed E-state index contributed by atoms with van der Waals surface area (Å²) in [5.74, 6) is 0.346. The molecule has 0 bridgehead atoms. The molecule has 0 saturated carbocycles. The van der Waals surface area contributed by atoms with Crippen molar-refractivity contribution in [3.63, 3.8) is 0 Å². The number of amides is 1. The highest BCUT2D eigenvalue weighted by molar-refractivity contribution is 7.99. The van der Waals surface area contributed by atoms with Gasteiger partial charge in [-0.2, -0.15) is 0 Å². The number of aromatic nitrogens is 2. The second-order valence-corrected chi connectivity index (χ2v) is 9.44. The molecular weight excluding hydrogens is 426 g/mol. The van der Waals surface area contributed by atoms with Crippen LogP contribution in [-0.4, -0.2) is 23.0 Å². The molecule has 156 valence electrons. The molecule has 0 spiro atoms. The summed E-state index contributed by atoms with van der Waals surface area (Å²) in [5.41, 5.74) is 2.66. The van der Waals surface area contributed by atoms with Gasteiger partial charge in [0.1, 0.15) is 21.9 Å². The molecule has 0 aliphatic heterocycles. The number of carbonyl (C=O) groups is 1. The molecule has 4 aromatic rings. The van der Waals surface area contributed by atoms with Gasteiger partial charge in [0, 0.05) is 15.2 Å². The Labute approximate surface area is 188 Å². The van der Waals surface area contributed by atoms with Crippen LogP contribution >= 0.6 is 23.1 Å². The van der Waals surface area contributed by atoms with Crippen molar-refractivity contribution in [2.24, 2.45) is 0 Å². The maximum atomic E-state index is 12.9. The predicted molar refractivity (Wildman–Crippen MR) is 126 cm³/mol. The van der Waals surface area contributed by atoms with E-state index in [0.29, 0.717) is 11.3 Å². The van der Waals surface area contributed by atoms with Gasteiger partial charge in [0.25, 0.3) is 5.91 Å². The van der Waals surface area contributed by atoms with Crippen LogP contribution in [-0.2, 0) is 12.8 Å². The highest BCUT2D eigenvalue weighted by Gasteiger charge is 2.21. The predicted octanol–water partition coefficient (Wildman–Crippen LogP) is 5.98. The van der Waals surface area contributed by atoms with E-state index in [0.717, 1.165) is 33.3 Å². The molecule has 2 aromatic heterocycles. The van der Waals surface area contributed by atoms with Gasteiger partial charge in [-0.15, -0.1) is 11.3 Å². The molecule has 0 unspecified atom stereocenters. The third-order valence-electron chi connectivity index (χ3n) is 5.41. The summed E-state index contributed by atoms with van der Waals surface area (Å²) in [5, 5.41) is 5.17. The lowest BCUT2D eigenvalue weighted by molar-refractivity contribution is 0.102. The number of nitrogens with one attached hydrogen (secondary N) is 1. The molecular formula is C24H21N3O2S2. The van der Waals surface area contributed by atoms with E-state index in [2.05, 4.69) is 15.3 Å². The summed E-state index contributed by atoms with van der Waals surface area (Å²) in [6, 6.07) is 15.0. The molecule has 5 rings (SSSR count). The van der Waals surface area contributed by atoms with Crippen molar-refractivity contribution >= 4 is 44.9 Å². The van der Waals surface area contributed by atoms with Gasteiger partial charge in [-0.05, 0) is 55.5 Å². The van der Waals surface area contributed by atoms with Crippen molar-refractivity contribution < 1.29 is 9.53 Å². The number of benzene rings is 2. The number of fused-ring (bicyclic) bond motifs is 3. The number of methoxy groups -OCH3 is 1. The Bertz CT molecular complexity index is 1270. The number of hydrogen-bond donors (Lipinski definition) is 1. The van der Waals surface area contributed by atoms with Crippen molar-refractivity contribution in [2.45, 2.75) is 35.6 Å². The minimum absolute atomic E-state index is 0.203. The maximum Gasteiger partial charge on any atom is 0.259 e. The molecule has 2 heterocycles. The smallest absolute Gasteiger partial charge is 0.259 e. The Morgan fingerprint density at radius 1 is 1.06 bits per heavy atom. The van der Waals surface area contributed by atoms with Crippen LogP contribution in [0.4, 0.5) is 5.69 Å². The quantitative estimate of drug-likeness (QED) is 0.381. The summed E-state index contributed by atoms with van der Waals surface area (Å²) < 4.78 is 5.34. The Kier molecular flexibility index (Phi) is 5.61. The number of rotatable bonds is 5. The molecule has 7 heteroatoms. The van der Waals surface area contributed by atoms with Crippen molar-refractivity contribution in [1.29, 1.82) is 0 Å². The van der Waals surface area contributed by atoms with Crippen molar-refractivity contribution in [3.8, 4) is 5.75 Å². The zero-order chi connectivity index (χ0) is 21.2. The number of ether oxygens (including phenoxy) is 1. The third-order valence-corrected chi connectivity index (χ3v) is 7.69. The first kappa shape index (κ1) is 20.0. The van der Waals surface area contributed by atoms with Gasteiger partial charge in [0.15, 0.2) is 0 Å². The topological polar surface area (TPSA) is 64.1 Å². The van der Waals surface area contributed by atoms with E-state index < -0.39 is 0 Å². The maximum absolute atomic E-state index is 12.9. The van der Waals surface area contributed by atoms with E-state index in [1.165, 1.54) is 28.7 Å². The summed E-state index contributed by atoms with van der Waals surface area (Å²) in [6.45, 7) is 0. The van der Waals surface area contributed by atoms with Crippen LogP contribution in [0.15, 0.2) is 64.8 Å². The standard InChI is InChI=1S/C24H21N3O2S2/c1-29-18-11-5-2-8-15(18)22(28)27-17-10-4-7-13-20(17)31-24-21-16-9-3-6-12-19(16)30-23(21)25-14-26-24/h2,4-5,7-8,10-11,13-14H,3,6,9,12H2,1H3,(H,27,28). The largest absolute Gasteiger partial charge is 0.496 e. The minimum Gasteiger partial charge on any atom is -0.496 e. The summed E-state index contributed by atoms with van der Waals surface area (Å²) in [6.07, 6.45) is 6.31. The first-order valence-corrected chi connectivity index (χ1v) is 11.8. The molecule has 5 nitrogen and oxygen atoms in total. The van der Waals surface area contributed by atoms with Crippen LogP contribution in [0.2, 0.25) is 0 Å². The lowest BCUT2D eigenvalue weighted by Crippen LogP contribution is -2.13.